The maximum absolute atomic E-state index is 13.0. The predicted octanol–water partition coefficient (Wildman–Crippen LogP) is 3.06. The summed E-state index contributed by atoms with van der Waals surface area (Å²) in [5.41, 5.74) is 4.45. The molecule has 2 heterocycles. The Kier molecular flexibility index (Phi) is 5.76. The molecule has 2 aliphatic rings. The van der Waals surface area contributed by atoms with E-state index in [2.05, 4.69) is 14.8 Å². The van der Waals surface area contributed by atoms with E-state index in [-0.39, 0.29) is 6.03 Å². The summed E-state index contributed by atoms with van der Waals surface area (Å²) >= 11 is 0. The van der Waals surface area contributed by atoms with Gasteiger partial charge in [0.05, 0.1) is 17.9 Å². The van der Waals surface area contributed by atoms with Gasteiger partial charge in [0.25, 0.3) is 0 Å². The van der Waals surface area contributed by atoms with Gasteiger partial charge in [-0.25, -0.2) is 9.78 Å². The van der Waals surface area contributed by atoms with Gasteiger partial charge in [-0.3, -0.25) is 0 Å². The predicted molar refractivity (Wildman–Crippen MR) is 114 cm³/mol. The van der Waals surface area contributed by atoms with Crippen molar-refractivity contribution in [3.8, 4) is 5.75 Å². The fraction of sp³-hybridized carbons (Fsp3) is 0.545. The summed E-state index contributed by atoms with van der Waals surface area (Å²) in [5, 5.41) is 3.05. The summed E-state index contributed by atoms with van der Waals surface area (Å²) in [6.45, 7) is 5.50. The molecule has 4 rings (SSSR count). The molecule has 156 valence electrons. The van der Waals surface area contributed by atoms with Crippen LogP contribution in [-0.4, -0.2) is 59.2 Å². The van der Waals surface area contributed by atoms with Crippen molar-refractivity contribution in [2.45, 2.75) is 45.7 Å². The normalized spacial score (nSPS) is 15.8. The van der Waals surface area contributed by atoms with E-state index < -0.39 is 0 Å². The number of hydrogen-bond acceptors (Lipinski definition) is 4. The molecular weight excluding hydrogens is 366 g/mol. The minimum Gasteiger partial charge on any atom is -0.490 e. The number of anilines is 1. The standard InChI is InChI=1S/C22H31N5O2/c1-16-8-9-18(20(14-16)29-13-12-25(2)3)24-22(28)26-10-11-27-19-7-5-4-6-17(19)23-21(27)15-26/h8-9,14H,4-7,10-13,15H2,1-3H3,(H,24,28). The zero-order valence-corrected chi connectivity index (χ0v) is 17.7. The van der Waals surface area contributed by atoms with Gasteiger partial charge in [0.1, 0.15) is 18.2 Å². The molecule has 0 spiro atoms. The Morgan fingerprint density at radius 2 is 2.07 bits per heavy atom. The number of rotatable bonds is 5. The van der Waals surface area contributed by atoms with Gasteiger partial charge in [0.2, 0.25) is 0 Å². The second kappa shape index (κ2) is 8.45. The number of hydrogen-bond donors (Lipinski definition) is 1. The first-order valence-electron chi connectivity index (χ1n) is 10.5. The number of imidazole rings is 1. The second-order valence-electron chi connectivity index (χ2n) is 8.28. The molecule has 7 heteroatoms. The Balaban J connectivity index is 1.44. The number of carbonyl (C=O) groups excluding carboxylic acids is 1. The average Bonchev–Trinajstić information content (AvgIpc) is 3.07. The van der Waals surface area contributed by atoms with Crippen molar-refractivity contribution in [1.29, 1.82) is 0 Å². The molecule has 2 amide bonds. The van der Waals surface area contributed by atoms with Gasteiger partial charge in [-0.2, -0.15) is 0 Å². The largest absolute Gasteiger partial charge is 0.490 e. The molecule has 1 aromatic carbocycles. The molecule has 2 aromatic rings. The van der Waals surface area contributed by atoms with Crippen LogP contribution in [0.3, 0.4) is 0 Å². The third-order valence-corrected chi connectivity index (χ3v) is 5.70. The van der Waals surface area contributed by atoms with E-state index in [1.807, 2.05) is 44.1 Å². The Morgan fingerprint density at radius 3 is 2.90 bits per heavy atom. The lowest BCUT2D eigenvalue weighted by atomic mass is 10.0. The molecule has 0 atom stereocenters. The maximum Gasteiger partial charge on any atom is 0.322 e. The van der Waals surface area contributed by atoms with Crippen LogP contribution in [0.15, 0.2) is 18.2 Å². The lowest BCUT2D eigenvalue weighted by molar-refractivity contribution is 0.195. The van der Waals surface area contributed by atoms with Gasteiger partial charge in [0, 0.05) is 25.3 Å². The number of aromatic nitrogens is 2. The first-order chi connectivity index (χ1) is 14.0. The highest BCUT2D eigenvalue weighted by Crippen LogP contribution is 2.28. The summed E-state index contributed by atoms with van der Waals surface area (Å²) < 4.78 is 8.27. The quantitative estimate of drug-likeness (QED) is 0.842. The number of benzene rings is 1. The number of ether oxygens (including phenoxy) is 1. The third kappa shape index (κ3) is 4.40. The topological polar surface area (TPSA) is 62.6 Å². The number of carbonyl (C=O) groups is 1. The molecule has 29 heavy (non-hydrogen) atoms. The smallest absolute Gasteiger partial charge is 0.322 e. The van der Waals surface area contributed by atoms with E-state index in [9.17, 15) is 4.79 Å². The van der Waals surface area contributed by atoms with Crippen molar-refractivity contribution in [1.82, 2.24) is 19.4 Å². The van der Waals surface area contributed by atoms with Crippen LogP contribution in [0, 0.1) is 6.92 Å². The summed E-state index contributed by atoms with van der Waals surface area (Å²) in [6.07, 6.45) is 4.65. The van der Waals surface area contributed by atoms with Crippen LogP contribution < -0.4 is 10.1 Å². The Hall–Kier alpha value is -2.54. The lowest BCUT2D eigenvalue weighted by Gasteiger charge is -2.29. The summed E-state index contributed by atoms with van der Waals surface area (Å²) in [6, 6.07) is 5.79. The van der Waals surface area contributed by atoms with E-state index in [4.69, 9.17) is 9.72 Å². The Bertz CT molecular complexity index is 890. The van der Waals surface area contributed by atoms with Gasteiger partial charge in [-0.05, 0) is 64.4 Å². The number of fused-ring (bicyclic) bond motifs is 3. The van der Waals surface area contributed by atoms with Crippen molar-refractivity contribution in [2.75, 3.05) is 39.1 Å². The average molecular weight is 398 g/mol. The van der Waals surface area contributed by atoms with Crippen LogP contribution in [0.2, 0.25) is 0 Å². The van der Waals surface area contributed by atoms with Crippen LogP contribution in [0.5, 0.6) is 5.75 Å². The van der Waals surface area contributed by atoms with Crippen molar-refractivity contribution < 1.29 is 9.53 Å². The van der Waals surface area contributed by atoms with Gasteiger partial charge >= 0.3 is 6.03 Å². The number of nitrogens with one attached hydrogen (secondary N) is 1. The van der Waals surface area contributed by atoms with Crippen molar-refractivity contribution in [3.05, 3.63) is 41.0 Å². The first kappa shape index (κ1) is 19.8. The van der Waals surface area contributed by atoms with Gasteiger partial charge < -0.3 is 24.4 Å². The van der Waals surface area contributed by atoms with Crippen molar-refractivity contribution in [2.24, 2.45) is 0 Å². The molecule has 0 saturated carbocycles. The minimum atomic E-state index is -0.0986. The van der Waals surface area contributed by atoms with Crippen molar-refractivity contribution >= 4 is 11.7 Å². The zero-order valence-electron chi connectivity index (χ0n) is 17.7. The molecule has 1 N–H and O–H groups in total. The summed E-state index contributed by atoms with van der Waals surface area (Å²) in [7, 11) is 4.03. The molecule has 0 fully saturated rings. The van der Waals surface area contributed by atoms with Crippen molar-refractivity contribution in [3.63, 3.8) is 0 Å². The SMILES string of the molecule is Cc1ccc(NC(=O)N2CCn3c(nc4c3CCCC4)C2)c(OCCN(C)C)c1. The van der Waals surface area contributed by atoms with Crippen LogP contribution in [0.4, 0.5) is 10.5 Å². The van der Waals surface area contributed by atoms with E-state index in [0.29, 0.717) is 31.1 Å². The number of nitrogens with zero attached hydrogens (tertiary/aromatic N) is 4. The molecule has 1 aliphatic carbocycles. The van der Waals surface area contributed by atoms with E-state index in [0.717, 1.165) is 37.3 Å². The number of amides is 2. The number of likely N-dealkylation sites (N-methyl/N-ethyl adjacent to an activating group) is 1. The number of aryl methyl sites for hydroxylation is 2. The lowest BCUT2D eigenvalue weighted by Crippen LogP contribution is -2.41. The van der Waals surface area contributed by atoms with Crippen LogP contribution in [-0.2, 0) is 25.9 Å². The van der Waals surface area contributed by atoms with E-state index in [1.165, 1.54) is 24.2 Å². The molecule has 0 radical (unpaired) electrons. The zero-order chi connectivity index (χ0) is 20.4. The fourth-order valence-corrected chi connectivity index (χ4v) is 4.07. The molecule has 1 aliphatic heterocycles. The minimum absolute atomic E-state index is 0.0986. The van der Waals surface area contributed by atoms with Crippen LogP contribution in [0.1, 0.15) is 35.6 Å². The number of urea groups is 1. The molecule has 0 bridgehead atoms. The van der Waals surface area contributed by atoms with E-state index in [1.54, 1.807) is 0 Å². The van der Waals surface area contributed by atoms with Gasteiger partial charge in [0.15, 0.2) is 0 Å². The highest BCUT2D eigenvalue weighted by molar-refractivity contribution is 5.91. The fourth-order valence-electron chi connectivity index (χ4n) is 4.07. The molecule has 0 saturated heterocycles. The maximum atomic E-state index is 13.0. The van der Waals surface area contributed by atoms with E-state index >= 15 is 0 Å². The Labute approximate surface area is 172 Å². The summed E-state index contributed by atoms with van der Waals surface area (Å²) in [5.74, 6) is 1.74. The Morgan fingerprint density at radius 1 is 1.24 bits per heavy atom. The monoisotopic (exact) mass is 397 g/mol. The van der Waals surface area contributed by atoms with Crippen LogP contribution in [0.25, 0.3) is 0 Å². The highest BCUT2D eigenvalue weighted by Gasteiger charge is 2.27. The molecule has 1 aromatic heterocycles. The first-order valence-corrected chi connectivity index (χ1v) is 10.5. The van der Waals surface area contributed by atoms with Gasteiger partial charge in [-0.15, -0.1) is 0 Å². The summed E-state index contributed by atoms with van der Waals surface area (Å²) in [4.78, 5) is 21.7. The molecule has 0 unspecified atom stereocenters. The van der Waals surface area contributed by atoms with Crippen LogP contribution >= 0.6 is 0 Å². The van der Waals surface area contributed by atoms with Gasteiger partial charge in [-0.1, -0.05) is 6.07 Å². The third-order valence-electron chi connectivity index (χ3n) is 5.70. The second-order valence-corrected chi connectivity index (χ2v) is 8.28. The molecule has 7 nitrogen and oxygen atoms in total. The molecular formula is C22H31N5O2. The highest BCUT2D eigenvalue weighted by atomic mass is 16.5.